The second-order valence-electron chi connectivity index (χ2n) is 12.9. The molecule has 0 radical (unpaired) electrons. The highest BCUT2D eigenvalue weighted by molar-refractivity contribution is 7.81. The lowest BCUT2D eigenvalue weighted by Gasteiger charge is -2.61. The standard InChI is InChI=1S/C27H46O6S/c1-16(2)7-6-8-17(3)19-11-12-20-18-9-10-22-25(29)23(28)15-24(33-34(30,31)32)27(22,5)21(18)13-14-26(19,20)4/h15-23,25,28-29H,6-14H2,1-5H3,(H,30,31,32)/t17-,18+,19-,20+,21+,22?,23?,25?,26-,27-/m1/s1. The molecule has 10 atom stereocenters. The van der Waals surface area contributed by atoms with E-state index in [1.54, 1.807) is 0 Å². The van der Waals surface area contributed by atoms with Gasteiger partial charge >= 0.3 is 10.4 Å². The fourth-order valence-electron chi connectivity index (χ4n) is 9.20. The van der Waals surface area contributed by atoms with E-state index in [9.17, 15) is 23.2 Å². The molecular weight excluding hydrogens is 452 g/mol. The van der Waals surface area contributed by atoms with E-state index in [0.29, 0.717) is 23.2 Å². The first-order valence-electron chi connectivity index (χ1n) is 13.5. The van der Waals surface area contributed by atoms with Gasteiger partial charge in [-0.25, -0.2) is 0 Å². The maximum absolute atomic E-state index is 11.7. The van der Waals surface area contributed by atoms with Gasteiger partial charge in [-0.3, -0.25) is 4.55 Å². The minimum absolute atomic E-state index is 0.118. The summed E-state index contributed by atoms with van der Waals surface area (Å²) in [7, 11) is -4.72. The molecule has 0 aromatic carbocycles. The minimum atomic E-state index is -4.72. The van der Waals surface area contributed by atoms with Gasteiger partial charge in [0.25, 0.3) is 0 Å². The number of rotatable bonds is 7. The van der Waals surface area contributed by atoms with Crippen LogP contribution in [0.3, 0.4) is 0 Å². The van der Waals surface area contributed by atoms with E-state index < -0.39 is 28.0 Å². The zero-order chi connectivity index (χ0) is 25.1. The lowest BCUT2D eigenvalue weighted by Crippen LogP contribution is -2.58. The van der Waals surface area contributed by atoms with Gasteiger partial charge in [0.1, 0.15) is 11.9 Å². The summed E-state index contributed by atoms with van der Waals surface area (Å²) in [6.07, 6.45) is 9.28. The van der Waals surface area contributed by atoms with Crippen molar-refractivity contribution in [2.75, 3.05) is 0 Å². The van der Waals surface area contributed by atoms with Crippen molar-refractivity contribution in [3.63, 3.8) is 0 Å². The SMILES string of the molecule is CC(C)CCC[C@@H](C)[C@H]1CC[C@H]2[C@@H]3CCC4C(O)C(O)C=C(OS(=O)(=O)O)[C@]4(C)[C@H]3CC[C@]12C. The maximum atomic E-state index is 11.7. The molecule has 3 N–H and O–H groups in total. The van der Waals surface area contributed by atoms with Gasteiger partial charge in [-0.15, -0.1) is 0 Å². The van der Waals surface area contributed by atoms with Crippen LogP contribution in [0.1, 0.15) is 92.4 Å². The van der Waals surface area contributed by atoms with Crippen molar-refractivity contribution >= 4 is 10.4 Å². The van der Waals surface area contributed by atoms with Crippen LogP contribution in [0.15, 0.2) is 11.8 Å². The molecule has 0 spiro atoms. The van der Waals surface area contributed by atoms with Crippen LogP contribution in [0, 0.1) is 52.3 Å². The van der Waals surface area contributed by atoms with Gasteiger partial charge in [0.05, 0.1) is 6.10 Å². The van der Waals surface area contributed by atoms with Crippen LogP contribution in [0.4, 0.5) is 0 Å². The first kappa shape index (κ1) is 26.4. The summed E-state index contributed by atoms with van der Waals surface area (Å²) in [4.78, 5) is 0. The molecule has 0 aliphatic heterocycles. The Bertz CT molecular complexity index is 884. The van der Waals surface area contributed by atoms with Gasteiger partial charge in [0, 0.05) is 11.3 Å². The molecule has 0 saturated heterocycles. The Morgan fingerprint density at radius 3 is 2.32 bits per heavy atom. The number of hydrogen-bond donors (Lipinski definition) is 3. The summed E-state index contributed by atoms with van der Waals surface area (Å²) in [5.74, 6) is 3.19. The van der Waals surface area contributed by atoms with Crippen LogP contribution in [-0.4, -0.2) is 35.4 Å². The van der Waals surface area contributed by atoms with E-state index in [1.165, 1.54) is 38.2 Å². The molecule has 6 nitrogen and oxygen atoms in total. The summed E-state index contributed by atoms with van der Waals surface area (Å²) in [5.41, 5.74) is -0.429. The molecule has 3 unspecified atom stereocenters. The smallest absolute Gasteiger partial charge is 0.390 e. The van der Waals surface area contributed by atoms with Crippen LogP contribution in [0.25, 0.3) is 0 Å². The normalized spacial score (nSPS) is 45.2. The van der Waals surface area contributed by atoms with Crippen molar-refractivity contribution in [2.24, 2.45) is 52.3 Å². The quantitative estimate of drug-likeness (QED) is 0.408. The Morgan fingerprint density at radius 2 is 1.68 bits per heavy atom. The third-order valence-corrected chi connectivity index (χ3v) is 11.2. The number of allylic oxidation sites excluding steroid dienone is 1. The molecule has 196 valence electrons. The Hall–Kier alpha value is -0.630. The first-order valence-corrected chi connectivity index (χ1v) is 14.9. The van der Waals surface area contributed by atoms with Gasteiger partial charge in [-0.05, 0) is 85.5 Å². The summed E-state index contributed by atoms with van der Waals surface area (Å²) >= 11 is 0. The second-order valence-corrected chi connectivity index (χ2v) is 13.9. The van der Waals surface area contributed by atoms with Gasteiger partial charge in [0.15, 0.2) is 0 Å². The topological polar surface area (TPSA) is 104 Å². The second kappa shape index (κ2) is 9.35. The van der Waals surface area contributed by atoms with Gasteiger partial charge in [-0.1, -0.05) is 53.9 Å². The molecule has 4 aliphatic carbocycles. The number of aliphatic hydroxyl groups is 2. The van der Waals surface area contributed by atoms with Gasteiger partial charge in [0.2, 0.25) is 0 Å². The van der Waals surface area contributed by atoms with Gasteiger partial charge in [-0.2, -0.15) is 8.42 Å². The molecule has 0 bridgehead atoms. The maximum Gasteiger partial charge on any atom is 0.446 e. The van der Waals surface area contributed by atoms with Crippen molar-refractivity contribution < 1.29 is 27.4 Å². The fourth-order valence-corrected chi connectivity index (χ4v) is 9.66. The molecule has 0 amide bonds. The molecule has 3 saturated carbocycles. The largest absolute Gasteiger partial charge is 0.446 e. The predicted octanol–water partition coefficient (Wildman–Crippen LogP) is 5.36. The van der Waals surface area contributed by atoms with Crippen LogP contribution in [0.5, 0.6) is 0 Å². The average Bonchev–Trinajstić information content (AvgIpc) is 3.08. The zero-order valence-electron chi connectivity index (χ0n) is 21.6. The van der Waals surface area contributed by atoms with E-state index >= 15 is 0 Å². The van der Waals surface area contributed by atoms with Crippen molar-refractivity contribution in [2.45, 2.75) is 105 Å². The van der Waals surface area contributed by atoms with Crippen LogP contribution in [0.2, 0.25) is 0 Å². The summed E-state index contributed by atoms with van der Waals surface area (Å²) in [6, 6.07) is 0. The first-order chi connectivity index (χ1) is 15.8. The summed E-state index contributed by atoms with van der Waals surface area (Å²) in [5, 5.41) is 21.3. The van der Waals surface area contributed by atoms with Crippen molar-refractivity contribution in [1.29, 1.82) is 0 Å². The summed E-state index contributed by atoms with van der Waals surface area (Å²) < 4.78 is 38.0. The van der Waals surface area contributed by atoms with Crippen LogP contribution >= 0.6 is 0 Å². The zero-order valence-corrected chi connectivity index (χ0v) is 22.4. The fraction of sp³-hybridized carbons (Fsp3) is 0.926. The molecule has 4 rings (SSSR count). The molecule has 0 heterocycles. The molecular formula is C27H46O6S. The Kier molecular flexibility index (Phi) is 7.27. The number of aliphatic hydroxyl groups excluding tert-OH is 2. The lowest BCUT2D eigenvalue weighted by atomic mass is 9.44. The Morgan fingerprint density at radius 1 is 1.00 bits per heavy atom. The van der Waals surface area contributed by atoms with Gasteiger partial charge < -0.3 is 14.4 Å². The summed E-state index contributed by atoms with van der Waals surface area (Å²) in [6.45, 7) is 11.5. The molecule has 0 aromatic heterocycles. The highest BCUT2D eigenvalue weighted by Crippen LogP contribution is 2.69. The van der Waals surface area contributed by atoms with Crippen LogP contribution in [-0.2, 0) is 14.6 Å². The highest BCUT2D eigenvalue weighted by atomic mass is 32.3. The van der Waals surface area contributed by atoms with Crippen molar-refractivity contribution in [3.8, 4) is 0 Å². The molecule has 3 fully saturated rings. The monoisotopic (exact) mass is 498 g/mol. The van der Waals surface area contributed by atoms with Crippen molar-refractivity contribution in [3.05, 3.63) is 11.8 Å². The lowest BCUT2D eigenvalue weighted by molar-refractivity contribution is -0.145. The average molecular weight is 499 g/mol. The van der Waals surface area contributed by atoms with E-state index in [2.05, 4.69) is 27.7 Å². The van der Waals surface area contributed by atoms with Crippen molar-refractivity contribution in [1.82, 2.24) is 0 Å². The third kappa shape index (κ3) is 4.48. The number of fused-ring (bicyclic) bond motifs is 5. The van der Waals surface area contributed by atoms with E-state index in [0.717, 1.165) is 37.5 Å². The minimum Gasteiger partial charge on any atom is -0.390 e. The Balaban J connectivity index is 1.59. The van der Waals surface area contributed by atoms with Crippen LogP contribution < -0.4 is 0 Å². The molecule has 4 aliphatic rings. The third-order valence-electron chi connectivity index (χ3n) is 10.8. The van der Waals surface area contributed by atoms with E-state index in [-0.39, 0.29) is 17.6 Å². The molecule has 34 heavy (non-hydrogen) atoms. The van der Waals surface area contributed by atoms with E-state index in [1.807, 2.05) is 6.92 Å². The highest BCUT2D eigenvalue weighted by Gasteiger charge is 2.64. The molecule has 0 aromatic rings. The number of hydrogen-bond acceptors (Lipinski definition) is 5. The predicted molar refractivity (Wildman–Crippen MR) is 132 cm³/mol. The molecule has 7 heteroatoms. The Labute approximate surface area is 206 Å². The van der Waals surface area contributed by atoms with E-state index in [4.69, 9.17) is 4.18 Å².